The van der Waals surface area contributed by atoms with E-state index in [0.717, 1.165) is 0 Å². The Labute approximate surface area is 101 Å². The maximum atomic E-state index is 10.9. The third-order valence-electron chi connectivity index (χ3n) is 1.83. The molecule has 0 rings (SSSR count). The highest BCUT2D eigenvalue weighted by Crippen LogP contribution is 2.16. The second-order valence-electron chi connectivity index (χ2n) is 3.72. The molecule has 0 saturated heterocycles. The van der Waals surface area contributed by atoms with E-state index in [1.165, 1.54) is 13.8 Å². The number of nitrogens with two attached hydrogens (primary N) is 1. The molecule has 0 spiro atoms. The number of hydrogen-bond donors (Lipinski definition) is 2. The van der Waals surface area contributed by atoms with Gasteiger partial charge in [-0.2, -0.15) is 0 Å². The van der Waals surface area contributed by atoms with Gasteiger partial charge in [0.2, 0.25) is 0 Å². The van der Waals surface area contributed by atoms with Crippen LogP contribution in [0.15, 0.2) is 0 Å². The highest BCUT2D eigenvalue weighted by molar-refractivity contribution is 6.69. The van der Waals surface area contributed by atoms with Crippen molar-refractivity contribution in [1.29, 1.82) is 0 Å². The zero-order chi connectivity index (χ0) is 13.5. The van der Waals surface area contributed by atoms with Gasteiger partial charge >= 0.3 is 14.6 Å². The number of carbonyl (C=O) groups is 3. The van der Waals surface area contributed by atoms with Gasteiger partial charge in [-0.3, -0.25) is 9.59 Å². The molecule has 0 atom stereocenters. The summed E-state index contributed by atoms with van der Waals surface area (Å²) in [7, 11) is -2.84. The first-order valence-corrected chi connectivity index (χ1v) is 7.70. The lowest BCUT2D eigenvalue weighted by atomic mass is 10.5. The number of carbonyl (C=O) groups excluding carboxylic acids is 3. The molecule has 0 aromatic heterocycles. The number of hydrogen-bond acceptors (Lipinski definition) is 5. The minimum Gasteiger partial charge on any atom is -0.485 e. The quantitative estimate of drug-likeness (QED) is 0.526. The van der Waals surface area contributed by atoms with Gasteiger partial charge in [0.05, 0.1) is 0 Å². The Balaban J connectivity index is 4.23. The van der Waals surface area contributed by atoms with Crippen molar-refractivity contribution in [1.82, 2.24) is 5.32 Å². The highest BCUT2D eigenvalue weighted by atomic mass is 28.4. The van der Waals surface area contributed by atoms with E-state index in [0.29, 0.717) is 19.0 Å². The van der Waals surface area contributed by atoms with E-state index in [-0.39, 0.29) is 0 Å². The van der Waals surface area contributed by atoms with Gasteiger partial charge in [0.15, 0.2) is 0 Å². The average Bonchev–Trinajstić information content (AvgIpc) is 2.09. The fourth-order valence-electron chi connectivity index (χ4n) is 1.35. The monoisotopic (exact) mass is 262 g/mol. The summed E-state index contributed by atoms with van der Waals surface area (Å²) >= 11 is 0. The first-order chi connectivity index (χ1) is 7.75. The number of rotatable bonds is 6. The van der Waals surface area contributed by atoms with Crippen molar-refractivity contribution in [2.75, 3.05) is 6.54 Å². The van der Waals surface area contributed by atoms with Gasteiger partial charge < -0.3 is 19.9 Å². The largest absolute Gasteiger partial charge is 0.485 e. The maximum Gasteiger partial charge on any atom is 0.461 e. The Bertz CT molecular complexity index is 292. The van der Waals surface area contributed by atoms with Crippen molar-refractivity contribution in [3.8, 4) is 0 Å². The zero-order valence-electron chi connectivity index (χ0n) is 10.2. The number of urea groups is 1. The molecule has 0 aliphatic heterocycles. The van der Waals surface area contributed by atoms with Crippen molar-refractivity contribution < 1.29 is 23.2 Å². The van der Waals surface area contributed by atoms with E-state index in [1.807, 2.05) is 0 Å². The van der Waals surface area contributed by atoms with Crippen LogP contribution in [0.2, 0.25) is 12.6 Å². The molecule has 0 unspecified atom stereocenters. The fraction of sp³-hybridized carbons (Fsp3) is 0.667. The molecular formula is C9H18N2O5Si. The molecule has 8 heteroatoms. The maximum absolute atomic E-state index is 10.9. The Morgan fingerprint density at radius 3 is 2.00 bits per heavy atom. The summed E-state index contributed by atoms with van der Waals surface area (Å²) < 4.78 is 10.1. The molecule has 0 radical (unpaired) electrons. The normalized spacial score (nSPS) is 10.5. The summed E-state index contributed by atoms with van der Waals surface area (Å²) in [6, 6.07) is -0.208. The predicted octanol–water partition coefficient (Wildman–Crippen LogP) is 0.243. The molecule has 7 nitrogen and oxygen atoms in total. The molecule has 2 amide bonds. The molecule has 0 saturated carbocycles. The molecule has 0 bridgehead atoms. The van der Waals surface area contributed by atoms with Crippen LogP contribution in [0.3, 0.4) is 0 Å². The van der Waals surface area contributed by atoms with Crippen molar-refractivity contribution in [3.05, 3.63) is 0 Å². The first kappa shape index (κ1) is 15.4. The molecule has 0 aliphatic carbocycles. The second-order valence-corrected chi connectivity index (χ2v) is 6.89. The van der Waals surface area contributed by atoms with Crippen LogP contribution < -0.4 is 11.1 Å². The SMILES string of the molecule is CC(=O)O[Si](C)(CCCNC(N)=O)OC(C)=O. The molecule has 3 N–H and O–H groups in total. The average molecular weight is 262 g/mol. The number of amides is 2. The minimum absolute atomic E-state index is 0.348. The van der Waals surface area contributed by atoms with E-state index < -0.39 is 26.5 Å². The van der Waals surface area contributed by atoms with Crippen LogP contribution in [-0.4, -0.2) is 33.1 Å². The minimum atomic E-state index is -2.84. The first-order valence-electron chi connectivity index (χ1n) is 5.17. The summed E-state index contributed by atoms with van der Waals surface area (Å²) in [5.41, 5.74) is 4.89. The smallest absolute Gasteiger partial charge is 0.461 e. The summed E-state index contributed by atoms with van der Waals surface area (Å²) in [5.74, 6) is -0.966. The third kappa shape index (κ3) is 8.26. The van der Waals surface area contributed by atoms with Crippen molar-refractivity contribution in [2.24, 2.45) is 5.73 Å². The summed E-state index contributed by atoms with van der Waals surface area (Å²) in [4.78, 5) is 32.3. The van der Waals surface area contributed by atoms with Gasteiger partial charge in [-0.15, -0.1) is 0 Å². The highest BCUT2D eigenvalue weighted by Gasteiger charge is 2.37. The van der Waals surface area contributed by atoms with Crippen LogP contribution >= 0.6 is 0 Å². The molecule has 98 valence electrons. The zero-order valence-corrected chi connectivity index (χ0v) is 11.2. The summed E-state index contributed by atoms with van der Waals surface area (Å²) in [6.07, 6.45) is 0.520. The van der Waals surface area contributed by atoms with Crippen LogP contribution in [0.4, 0.5) is 4.79 Å². The molecule has 0 heterocycles. The molecule has 0 fully saturated rings. The van der Waals surface area contributed by atoms with Crippen molar-refractivity contribution in [3.63, 3.8) is 0 Å². The molecule has 0 aliphatic rings. The lowest BCUT2D eigenvalue weighted by Gasteiger charge is -2.24. The number of nitrogens with one attached hydrogen (secondary N) is 1. The van der Waals surface area contributed by atoms with Crippen molar-refractivity contribution in [2.45, 2.75) is 32.9 Å². The van der Waals surface area contributed by atoms with Gasteiger partial charge in [0.25, 0.3) is 11.9 Å². The van der Waals surface area contributed by atoms with E-state index in [9.17, 15) is 14.4 Å². The fourth-order valence-corrected chi connectivity index (χ4v) is 3.63. The van der Waals surface area contributed by atoms with Gasteiger partial charge in [0, 0.05) is 33.0 Å². The van der Waals surface area contributed by atoms with E-state index >= 15 is 0 Å². The summed E-state index contributed by atoms with van der Waals surface area (Å²) in [5, 5.41) is 2.40. The Morgan fingerprint density at radius 2 is 1.65 bits per heavy atom. The van der Waals surface area contributed by atoms with Gasteiger partial charge in [0.1, 0.15) is 0 Å². The van der Waals surface area contributed by atoms with E-state index in [4.69, 9.17) is 14.6 Å². The van der Waals surface area contributed by atoms with Crippen LogP contribution in [0.5, 0.6) is 0 Å². The van der Waals surface area contributed by atoms with Gasteiger partial charge in [-0.05, 0) is 6.42 Å². The Kier molecular flexibility index (Phi) is 6.25. The molecular weight excluding hydrogens is 244 g/mol. The Morgan fingerprint density at radius 1 is 1.18 bits per heavy atom. The molecule has 0 aromatic rings. The van der Waals surface area contributed by atoms with Gasteiger partial charge in [-0.25, -0.2) is 4.79 Å². The molecule has 17 heavy (non-hydrogen) atoms. The Hall–Kier alpha value is -1.57. The molecule has 0 aromatic carbocycles. The second kappa shape index (κ2) is 6.89. The number of primary amides is 1. The van der Waals surface area contributed by atoms with Crippen LogP contribution in [-0.2, 0) is 18.4 Å². The van der Waals surface area contributed by atoms with Crippen LogP contribution in [0.25, 0.3) is 0 Å². The van der Waals surface area contributed by atoms with E-state index in [1.54, 1.807) is 6.55 Å². The van der Waals surface area contributed by atoms with Gasteiger partial charge in [-0.1, -0.05) is 0 Å². The van der Waals surface area contributed by atoms with Crippen LogP contribution in [0.1, 0.15) is 20.3 Å². The lowest BCUT2D eigenvalue weighted by Crippen LogP contribution is -2.42. The van der Waals surface area contributed by atoms with E-state index in [2.05, 4.69) is 5.32 Å². The third-order valence-corrected chi connectivity index (χ3v) is 4.53. The van der Waals surface area contributed by atoms with Crippen LogP contribution in [0, 0.1) is 0 Å². The predicted molar refractivity (Wildman–Crippen MR) is 62.2 cm³/mol. The topological polar surface area (TPSA) is 108 Å². The lowest BCUT2D eigenvalue weighted by molar-refractivity contribution is -0.138. The standard InChI is InChI=1S/C9H18N2O5Si/c1-7(12)15-17(3,16-8(2)13)6-4-5-11-9(10)14/h4-6H2,1-3H3,(H3,10,11,14). The van der Waals surface area contributed by atoms with Crippen molar-refractivity contribution >= 4 is 26.5 Å². The summed E-state index contributed by atoms with van der Waals surface area (Å²) in [6.45, 7) is 4.49.